The molecule has 3 aromatic heterocycles. The molecule has 9 heteroatoms. The maximum Gasteiger partial charge on any atom is 0.290 e. The summed E-state index contributed by atoms with van der Waals surface area (Å²) in [6, 6.07) is 11.7. The second kappa shape index (κ2) is 9.27. The van der Waals surface area contributed by atoms with Crippen molar-refractivity contribution in [2.24, 2.45) is 0 Å². The zero-order valence-corrected chi connectivity index (χ0v) is 22.8. The van der Waals surface area contributed by atoms with Gasteiger partial charge in [-0.2, -0.15) is 0 Å². The van der Waals surface area contributed by atoms with Crippen molar-refractivity contribution in [2.45, 2.75) is 45.6 Å². The highest BCUT2D eigenvalue weighted by Gasteiger charge is 2.39. The van der Waals surface area contributed by atoms with Gasteiger partial charge in [0, 0.05) is 43.0 Å². The van der Waals surface area contributed by atoms with E-state index < -0.39 is 11.4 Å². The first-order valence-electron chi connectivity index (χ1n) is 12.5. The van der Waals surface area contributed by atoms with Gasteiger partial charge in [0.1, 0.15) is 11.3 Å². The summed E-state index contributed by atoms with van der Waals surface area (Å²) in [7, 11) is 0. The van der Waals surface area contributed by atoms with Gasteiger partial charge in [-0.05, 0) is 49.6 Å². The number of rotatable bonds is 3. The molecule has 1 aliphatic rings. The lowest BCUT2D eigenvalue weighted by Crippen LogP contribution is -2.61. The number of pyridine rings is 2. The molecule has 1 amide bonds. The summed E-state index contributed by atoms with van der Waals surface area (Å²) in [6.07, 6.45) is 1.54. The lowest BCUT2D eigenvalue weighted by atomic mass is 9.86. The van der Waals surface area contributed by atoms with E-state index in [4.69, 9.17) is 21.0 Å². The number of hydrogen-bond acceptors (Lipinski definition) is 6. The van der Waals surface area contributed by atoms with Gasteiger partial charge in [-0.25, -0.2) is 14.4 Å². The minimum Gasteiger partial charge on any atom is -0.492 e. The first kappa shape index (κ1) is 26.0. The van der Waals surface area contributed by atoms with Gasteiger partial charge < -0.3 is 19.3 Å². The summed E-state index contributed by atoms with van der Waals surface area (Å²) in [5, 5.41) is 10.3. The lowest BCUT2D eigenvalue weighted by Gasteiger charge is -2.47. The molecule has 1 aliphatic heterocycles. The third-order valence-corrected chi connectivity index (χ3v) is 7.27. The molecule has 0 aliphatic carbocycles. The van der Waals surface area contributed by atoms with Crippen LogP contribution >= 0.6 is 11.6 Å². The highest BCUT2D eigenvalue weighted by molar-refractivity contribution is 6.30. The molecular formula is C29H30ClFN4O3. The number of carbonyl (C=O) groups is 1. The topological polar surface area (TPSA) is 82.7 Å². The van der Waals surface area contributed by atoms with Gasteiger partial charge in [-0.3, -0.25) is 4.79 Å². The van der Waals surface area contributed by atoms with Crippen LogP contribution in [0.25, 0.3) is 22.4 Å². The molecule has 5 rings (SSSR count). The van der Waals surface area contributed by atoms with E-state index in [0.29, 0.717) is 47.7 Å². The van der Waals surface area contributed by atoms with Gasteiger partial charge in [0.15, 0.2) is 11.3 Å². The Morgan fingerprint density at radius 2 is 1.92 bits per heavy atom. The maximum absolute atomic E-state index is 14.2. The molecule has 0 spiro atoms. The smallest absolute Gasteiger partial charge is 0.290 e. The fraction of sp³-hybridized carbons (Fsp3) is 0.345. The van der Waals surface area contributed by atoms with Gasteiger partial charge in [0.2, 0.25) is 5.88 Å². The molecular weight excluding hydrogens is 507 g/mol. The number of benzene rings is 1. The normalized spacial score (nSPS) is 15.8. The molecule has 4 aromatic rings. The van der Waals surface area contributed by atoms with Crippen molar-refractivity contribution < 1.29 is 18.7 Å². The van der Waals surface area contributed by atoms with E-state index in [1.807, 2.05) is 51.7 Å². The Morgan fingerprint density at radius 1 is 1.16 bits per heavy atom. The molecule has 1 aromatic carbocycles. The van der Waals surface area contributed by atoms with Crippen LogP contribution in [0.15, 0.2) is 53.1 Å². The number of halogens is 2. The molecule has 4 heterocycles. The van der Waals surface area contributed by atoms with E-state index in [9.17, 15) is 14.3 Å². The predicted molar refractivity (Wildman–Crippen MR) is 146 cm³/mol. The first-order chi connectivity index (χ1) is 17.8. The number of aromatic nitrogens is 2. The van der Waals surface area contributed by atoms with Crippen LogP contribution in [-0.2, 0) is 5.41 Å². The second-order valence-electron chi connectivity index (χ2n) is 11.3. The number of furan rings is 1. The first-order valence-corrected chi connectivity index (χ1v) is 12.8. The van der Waals surface area contributed by atoms with Crippen molar-refractivity contribution >= 4 is 34.3 Å². The number of nitrogens with zero attached hydrogens (tertiary/aromatic N) is 4. The minimum absolute atomic E-state index is 0.0301. The number of carbonyl (C=O) groups excluding carboxylic acids is 1. The fourth-order valence-corrected chi connectivity index (χ4v) is 5.11. The number of piperazine rings is 1. The molecule has 0 saturated carbocycles. The molecule has 1 fully saturated rings. The summed E-state index contributed by atoms with van der Waals surface area (Å²) in [5.41, 5.74) is 2.86. The van der Waals surface area contributed by atoms with Crippen molar-refractivity contribution in [3.8, 4) is 17.1 Å². The average molecular weight is 537 g/mol. The predicted octanol–water partition coefficient (Wildman–Crippen LogP) is 6.43. The average Bonchev–Trinajstić information content (AvgIpc) is 3.28. The van der Waals surface area contributed by atoms with Crippen LogP contribution in [0.1, 0.15) is 50.7 Å². The van der Waals surface area contributed by atoms with E-state index >= 15 is 0 Å². The molecule has 0 radical (unpaired) electrons. The Labute approximate surface area is 225 Å². The molecule has 198 valence electrons. The van der Waals surface area contributed by atoms with Gasteiger partial charge in [0.05, 0.1) is 21.9 Å². The summed E-state index contributed by atoms with van der Waals surface area (Å²) < 4.78 is 20.4. The van der Waals surface area contributed by atoms with Crippen LogP contribution in [0, 0.1) is 5.82 Å². The van der Waals surface area contributed by atoms with Crippen LogP contribution in [0.2, 0.25) is 5.02 Å². The van der Waals surface area contributed by atoms with Crippen LogP contribution < -0.4 is 4.90 Å². The summed E-state index contributed by atoms with van der Waals surface area (Å²) in [4.78, 5) is 26.3. The Kier molecular flexibility index (Phi) is 6.34. The Balaban J connectivity index is 1.50. The largest absolute Gasteiger partial charge is 0.492 e. The SMILES string of the molecule is CC(C)(C)c1cc(-c2ccc(Cl)c(F)c2)nc2cc(C(=O)N3CCN(c4cccnc4O)CC3(C)C)oc12. The van der Waals surface area contributed by atoms with Crippen molar-refractivity contribution in [3.05, 3.63) is 70.8 Å². The zero-order valence-electron chi connectivity index (χ0n) is 22.0. The number of aromatic hydroxyl groups is 1. The van der Waals surface area contributed by atoms with Crippen LogP contribution in [0.4, 0.5) is 10.1 Å². The van der Waals surface area contributed by atoms with Gasteiger partial charge >= 0.3 is 0 Å². The molecule has 7 nitrogen and oxygen atoms in total. The third kappa shape index (κ3) is 4.69. The maximum atomic E-state index is 14.2. The van der Waals surface area contributed by atoms with E-state index in [1.165, 1.54) is 12.1 Å². The lowest BCUT2D eigenvalue weighted by molar-refractivity contribution is 0.0484. The van der Waals surface area contributed by atoms with E-state index in [0.717, 1.165) is 5.56 Å². The van der Waals surface area contributed by atoms with Crippen LogP contribution in [-0.4, -0.2) is 51.1 Å². The van der Waals surface area contributed by atoms with Crippen molar-refractivity contribution in [1.82, 2.24) is 14.9 Å². The molecule has 1 saturated heterocycles. The van der Waals surface area contributed by atoms with Crippen molar-refractivity contribution in [2.75, 3.05) is 24.5 Å². The van der Waals surface area contributed by atoms with E-state index in [-0.39, 0.29) is 28.0 Å². The van der Waals surface area contributed by atoms with Gasteiger partial charge in [-0.15, -0.1) is 0 Å². The summed E-state index contributed by atoms with van der Waals surface area (Å²) in [6.45, 7) is 11.6. The van der Waals surface area contributed by atoms with Crippen LogP contribution in [0.5, 0.6) is 5.88 Å². The number of fused-ring (bicyclic) bond motifs is 1. The number of amides is 1. The van der Waals surface area contributed by atoms with Crippen molar-refractivity contribution in [1.29, 1.82) is 0 Å². The highest BCUT2D eigenvalue weighted by Crippen LogP contribution is 2.37. The quantitative estimate of drug-likeness (QED) is 0.325. The molecule has 38 heavy (non-hydrogen) atoms. The van der Waals surface area contributed by atoms with Crippen molar-refractivity contribution in [3.63, 3.8) is 0 Å². The number of anilines is 1. The second-order valence-corrected chi connectivity index (χ2v) is 11.7. The third-order valence-electron chi connectivity index (χ3n) is 6.97. The standard InChI is InChI=1S/C29H30ClFN4O3/c1-28(2,3)18-14-21(17-8-9-19(30)20(31)13-17)33-22-15-24(38-25(18)22)27(37)35-12-11-34(16-29(35,4)5)23-7-6-10-32-26(23)36/h6-10,13-15H,11-12,16H2,1-5H3,(H,32,36). The molecule has 0 bridgehead atoms. The number of hydrogen-bond donors (Lipinski definition) is 1. The summed E-state index contributed by atoms with van der Waals surface area (Å²) >= 11 is 5.88. The van der Waals surface area contributed by atoms with E-state index in [1.54, 1.807) is 29.3 Å². The Morgan fingerprint density at radius 3 is 2.58 bits per heavy atom. The van der Waals surface area contributed by atoms with Gasteiger partial charge in [0.25, 0.3) is 5.91 Å². The monoisotopic (exact) mass is 536 g/mol. The Hall–Kier alpha value is -3.65. The highest BCUT2D eigenvalue weighted by atomic mass is 35.5. The molecule has 0 unspecified atom stereocenters. The van der Waals surface area contributed by atoms with E-state index in [2.05, 4.69) is 4.98 Å². The molecule has 0 atom stereocenters. The molecule has 1 N–H and O–H groups in total. The minimum atomic E-state index is -0.553. The zero-order chi connectivity index (χ0) is 27.4. The van der Waals surface area contributed by atoms with Crippen LogP contribution in [0.3, 0.4) is 0 Å². The fourth-order valence-electron chi connectivity index (χ4n) is 4.99. The summed E-state index contributed by atoms with van der Waals surface area (Å²) in [5.74, 6) is -0.588. The Bertz CT molecular complexity index is 1540. The van der Waals surface area contributed by atoms with Gasteiger partial charge in [-0.1, -0.05) is 38.4 Å².